The third-order valence-electron chi connectivity index (χ3n) is 5.09. The van der Waals surface area contributed by atoms with Crippen molar-refractivity contribution in [3.05, 3.63) is 42.1 Å². The summed E-state index contributed by atoms with van der Waals surface area (Å²) in [6.45, 7) is 9.21. The summed E-state index contributed by atoms with van der Waals surface area (Å²) in [5.74, 6) is 2.64. The van der Waals surface area contributed by atoms with Crippen LogP contribution in [0.25, 0.3) is 11.4 Å². The van der Waals surface area contributed by atoms with Crippen LogP contribution in [0.3, 0.4) is 0 Å². The van der Waals surface area contributed by atoms with Gasteiger partial charge in [-0.25, -0.2) is 9.97 Å². The Hall–Kier alpha value is -2.43. The molecule has 1 N–H and O–H groups in total. The Morgan fingerprint density at radius 2 is 1.89 bits per heavy atom. The number of rotatable bonds is 6. The highest BCUT2D eigenvalue weighted by atomic mass is 16.1. The summed E-state index contributed by atoms with van der Waals surface area (Å²) in [6.07, 6.45) is 3.26. The first-order valence-corrected chi connectivity index (χ1v) is 10.0. The summed E-state index contributed by atoms with van der Waals surface area (Å²) in [4.78, 5) is 24.3. The quantitative estimate of drug-likeness (QED) is 0.834. The zero-order chi connectivity index (χ0) is 19.2. The molecule has 0 saturated carbocycles. The smallest absolute Gasteiger partial charge is 0.270 e. The van der Waals surface area contributed by atoms with Crippen LogP contribution in [0.4, 0.5) is 5.82 Å². The molecule has 5 heteroatoms. The van der Waals surface area contributed by atoms with Crippen LogP contribution in [0.5, 0.6) is 0 Å². The Bertz CT molecular complexity index is 752. The fraction of sp³-hybridized carbons (Fsp3) is 0.500. The standard InChI is InChI=1S/C22H30N4O/c1-16(2)9-12-23-22(27)19-15-20(26-13-10-17(3)11-14-26)25-21(24-19)18-7-5-4-6-8-18/h4-8,15-17H,9-14H2,1-3H3,(H,23,27). The first kappa shape index (κ1) is 19.3. The monoisotopic (exact) mass is 366 g/mol. The van der Waals surface area contributed by atoms with Gasteiger partial charge in [-0.3, -0.25) is 4.79 Å². The molecule has 5 nitrogen and oxygen atoms in total. The van der Waals surface area contributed by atoms with E-state index in [2.05, 4.69) is 36.0 Å². The Morgan fingerprint density at radius 1 is 1.19 bits per heavy atom. The van der Waals surface area contributed by atoms with Gasteiger partial charge in [-0.05, 0) is 31.1 Å². The average Bonchev–Trinajstić information content (AvgIpc) is 2.68. The topological polar surface area (TPSA) is 58.1 Å². The van der Waals surface area contributed by atoms with E-state index in [1.54, 1.807) is 0 Å². The highest BCUT2D eigenvalue weighted by molar-refractivity contribution is 5.93. The molecule has 0 radical (unpaired) electrons. The van der Waals surface area contributed by atoms with Gasteiger partial charge in [0.1, 0.15) is 11.5 Å². The van der Waals surface area contributed by atoms with Gasteiger partial charge in [0.25, 0.3) is 5.91 Å². The molecule has 0 aliphatic carbocycles. The summed E-state index contributed by atoms with van der Waals surface area (Å²) >= 11 is 0. The molecule has 1 aromatic heterocycles. The van der Waals surface area contributed by atoms with Crippen LogP contribution in [-0.4, -0.2) is 35.5 Å². The highest BCUT2D eigenvalue weighted by Gasteiger charge is 2.20. The lowest BCUT2D eigenvalue weighted by atomic mass is 9.99. The molecule has 0 atom stereocenters. The number of hydrogen-bond donors (Lipinski definition) is 1. The molecule has 27 heavy (non-hydrogen) atoms. The Balaban J connectivity index is 1.87. The molecule has 1 aliphatic heterocycles. The minimum Gasteiger partial charge on any atom is -0.356 e. The number of hydrogen-bond acceptors (Lipinski definition) is 4. The van der Waals surface area contributed by atoms with Crippen LogP contribution < -0.4 is 10.2 Å². The highest BCUT2D eigenvalue weighted by Crippen LogP contribution is 2.24. The molecule has 3 rings (SSSR count). The third-order valence-corrected chi connectivity index (χ3v) is 5.09. The first-order valence-electron chi connectivity index (χ1n) is 10.0. The first-order chi connectivity index (χ1) is 13.0. The van der Waals surface area contributed by atoms with Gasteiger partial charge in [-0.15, -0.1) is 0 Å². The van der Waals surface area contributed by atoms with E-state index in [1.165, 1.54) is 0 Å². The van der Waals surface area contributed by atoms with E-state index in [0.29, 0.717) is 24.0 Å². The molecule has 144 valence electrons. The zero-order valence-electron chi connectivity index (χ0n) is 16.6. The predicted molar refractivity (Wildman–Crippen MR) is 110 cm³/mol. The Morgan fingerprint density at radius 3 is 2.56 bits per heavy atom. The van der Waals surface area contributed by atoms with Gasteiger partial charge in [-0.1, -0.05) is 51.1 Å². The number of carbonyl (C=O) groups excluding carboxylic acids is 1. The third kappa shape index (κ3) is 5.28. The van der Waals surface area contributed by atoms with E-state index in [-0.39, 0.29) is 5.91 Å². The number of anilines is 1. The molecule has 0 bridgehead atoms. The van der Waals surface area contributed by atoms with Gasteiger partial charge in [0.15, 0.2) is 5.82 Å². The van der Waals surface area contributed by atoms with Crippen LogP contribution >= 0.6 is 0 Å². The molecular weight excluding hydrogens is 336 g/mol. The van der Waals surface area contributed by atoms with Crippen LogP contribution in [-0.2, 0) is 0 Å². The Labute approximate surface area is 162 Å². The SMILES string of the molecule is CC(C)CCNC(=O)c1cc(N2CCC(C)CC2)nc(-c2ccccc2)n1. The number of piperidine rings is 1. The second-order valence-electron chi connectivity index (χ2n) is 7.91. The van der Waals surface area contributed by atoms with E-state index >= 15 is 0 Å². The zero-order valence-corrected chi connectivity index (χ0v) is 16.6. The van der Waals surface area contributed by atoms with Gasteiger partial charge < -0.3 is 10.2 Å². The van der Waals surface area contributed by atoms with Crippen molar-refractivity contribution < 1.29 is 4.79 Å². The van der Waals surface area contributed by atoms with Gasteiger partial charge in [0.05, 0.1) is 0 Å². The second-order valence-corrected chi connectivity index (χ2v) is 7.91. The maximum atomic E-state index is 12.7. The molecule has 2 aromatic rings. The van der Waals surface area contributed by atoms with E-state index < -0.39 is 0 Å². The van der Waals surface area contributed by atoms with Crippen molar-refractivity contribution in [2.45, 2.75) is 40.0 Å². The van der Waals surface area contributed by atoms with Crippen LogP contribution in [0.2, 0.25) is 0 Å². The van der Waals surface area contributed by atoms with Crippen molar-refractivity contribution in [2.75, 3.05) is 24.5 Å². The number of benzene rings is 1. The van der Waals surface area contributed by atoms with Crippen molar-refractivity contribution in [2.24, 2.45) is 11.8 Å². The Kier molecular flexibility index (Phi) is 6.43. The molecule has 1 amide bonds. The van der Waals surface area contributed by atoms with Crippen molar-refractivity contribution >= 4 is 11.7 Å². The minimum atomic E-state index is -0.123. The van der Waals surface area contributed by atoms with E-state index in [1.807, 2.05) is 36.4 Å². The maximum absolute atomic E-state index is 12.7. The fourth-order valence-corrected chi connectivity index (χ4v) is 3.23. The summed E-state index contributed by atoms with van der Waals surface area (Å²) in [7, 11) is 0. The van der Waals surface area contributed by atoms with Crippen molar-refractivity contribution in [1.29, 1.82) is 0 Å². The number of carbonyl (C=O) groups is 1. The lowest BCUT2D eigenvalue weighted by molar-refractivity contribution is 0.0947. The predicted octanol–water partition coefficient (Wildman–Crippen LogP) is 4.16. The number of aromatic nitrogens is 2. The summed E-state index contributed by atoms with van der Waals surface area (Å²) in [5, 5.41) is 3.00. The van der Waals surface area contributed by atoms with Gasteiger partial charge >= 0.3 is 0 Å². The van der Waals surface area contributed by atoms with Crippen LogP contribution in [0.1, 0.15) is 50.5 Å². The van der Waals surface area contributed by atoms with Gasteiger partial charge in [-0.2, -0.15) is 0 Å². The van der Waals surface area contributed by atoms with E-state index in [4.69, 9.17) is 4.98 Å². The minimum absolute atomic E-state index is 0.123. The number of nitrogens with zero attached hydrogens (tertiary/aromatic N) is 3. The normalized spacial score (nSPS) is 15.2. The lowest BCUT2D eigenvalue weighted by Gasteiger charge is -2.31. The van der Waals surface area contributed by atoms with Gasteiger partial charge in [0.2, 0.25) is 0 Å². The molecule has 1 saturated heterocycles. The van der Waals surface area contributed by atoms with Crippen molar-refractivity contribution in [3.8, 4) is 11.4 Å². The number of nitrogens with one attached hydrogen (secondary N) is 1. The summed E-state index contributed by atoms with van der Waals surface area (Å²) in [6, 6.07) is 11.7. The molecule has 0 spiro atoms. The van der Waals surface area contributed by atoms with E-state index in [0.717, 1.165) is 49.7 Å². The fourth-order valence-electron chi connectivity index (χ4n) is 3.23. The summed E-state index contributed by atoms with van der Waals surface area (Å²) < 4.78 is 0. The molecular formula is C22H30N4O. The summed E-state index contributed by atoms with van der Waals surface area (Å²) in [5.41, 5.74) is 1.38. The molecule has 2 heterocycles. The number of amides is 1. The largest absolute Gasteiger partial charge is 0.356 e. The second kappa shape index (κ2) is 8.98. The molecule has 1 fully saturated rings. The van der Waals surface area contributed by atoms with Crippen LogP contribution in [0, 0.1) is 11.8 Å². The van der Waals surface area contributed by atoms with Crippen molar-refractivity contribution in [1.82, 2.24) is 15.3 Å². The lowest BCUT2D eigenvalue weighted by Crippen LogP contribution is -2.34. The molecule has 0 unspecified atom stereocenters. The average molecular weight is 367 g/mol. The van der Waals surface area contributed by atoms with Crippen LogP contribution in [0.15, 0.2) is 36.4 Å². The molecule has 1 aromatic carbocycles. The van der Waals surface area contributed by atoms with Gasteiger partial charge in [0, 0.05) is 31.3 Å². The van der Waals surface area contributed by atoms with E-state index in [9.17, 15) is 4.79 Å². The molecule has 1 aliphatic rings. The van der Waals surface area contributed by atoms with Crippen molar-refractivity contribution in [3.63, 3.8) is 0 Å². The maximum Gasteiger partial charge on any atom is 0.270 e.